The second kappa shape index (κ2) is 10.2. The fourth-order valence-electron chi connectivity index (χ4n) is 7.22. The lowest BCUT2D eigenvalue weighted by molar-refractivity contribution is 0.0232. The molecule has 0 aromatic carbocycles. The Morgan fingerprint density at radius 2 is 1.75 bits per heavy atom. The van der Waals surface area contributed by atoms with E-state index in [2.05, 4.69) is 61.1 Å². The second-order valence-corrected chi connectivity index (χ2v) is 12.9. The molecular formula is C31H52O. The fraction of sp³-hybridized carbons (Fsp3) is 0.806. The molecule has 1 nitrogen and oxygen atoms in total. The summed E-state index contributed by atoms with van der Waals surface area (Å²) in [5.41, 5.74) is 7.51. The van der Waals surface area contributed by atoms with Crippen LogP contribution in [0, 0.1) is 34.5 Å². The van der Waals surface area contributed by atoms with E-state index in [1.54, 1.807) is 16.7 Å². The van der Waals surface area contributed by atoms with E-state index in [9.17, 15) is 5.11 Å². The van der Waals surface area contributed by atoms with Crippen LogP contribution in [-0.4, -0.2) is 11.2 Å². The average molecular weight is 441 g/mol. The topological polar surface area (TPSA) is 20.2 Å². The van der Waals surface area contributed by atoms with Crippen LogP contribution in [0.5, 0.6) is 0 Å². The van der Waals surface area contributed by atoms with Crippen molar-refractivity contribution in [1.82, 2.24) is 0 Å². The maximum absolute atomic E-state index is 10.2. The van der Waals surface area contributed by atoms with Crippen molar-refractivity contribution in [2.45, 2.75) is 125 Å². The highest BCUT2D eigenvalue weighted by atomic mass is 16.3. The summed E-state index contributed by atoms with van der Waals surface area (Å²) in [4.78, 5) is 0. The van der Waals surface area contributed by atoms with E-state index in [4.69, 9.17) is 0 Å². The van der Waals surface area contributed by atoms with Crippen molar-refractivity contribution < 1.29 is 5.11 Å². The van der Waals surface area contributed by atoms with Crippen LogP contribution in [0.1, 0.15) is 119 Å². The lowest BCUT2D eigenvalue weighted by atomic mass is 9.52. The molecule has 0 saturated heterocycles. The molecule has 32 heavy (non-hydrogen) atoms. The van der Waals surface area contributed by atoms with Crippen molar-refractivity contribution in [3.63, 3.8) is 0 Å². The summed E-state index contributed by atoms with van der Waals surface area (Å²) in [6, 6.07) is 0. The summed E-state index contributed by atoms with van der Waals surface area (Å²) in [5, 5.41) is 10.2. The molecule has 1 N–H and O–H groups in total. The van der Waals surface area contributed by atoms with Crippen LogP contribution < -0.4 is 0 Å². The van der Waals surface area contributed by atoms with Crippen molar-refractivity contribution in [3.8, 4) is 0 Å². The Hall–Kier alpha value is -0.820. The molecule has 5 unspecified atom stereocenters. The third-order valence-electron chi connectivity index (χ3n) is 9.46. The molecule has 0 amide bonds. The Kier molecular flexibility index (Phi) is 8.23. The van der Waals surface area contributed by atoms with Crippen LogP contribution in [0.25, 0.3) is 0 Å². The maximum atomic E-state index is 10.2. The van der Waals surface area contributed by atoms with Crippen molar-refractivity contribution in [3.05, 3.63) is 34.9 Å². The van der Waals surface area contributed by atoms with Gasteiger partial charge < -0.3 is 5.11 Å². The highest BCUT2D eigenvalue weighted by Crippen LogP contribution is 2.63. The molecule has 4 aliphatic rings. The standard InChI is InChI=1S/C27H42O.C4H10/c1-18(2)19(3)7-6-8-20-10-12-24-23-11-9-21-17-22(28)13-15-27(21,5)25(23)14-16-26(20,24)4;1-4(2)3/h12,18,20-22,28H,3,6-11,13-17H2,1-2,4-5H3;4H,1-3H3. The predicted octanol–water partition coefficient (Wildman–Crippen LogP) is 9.04. The van der Waals surface area contributed by atoms with E-state index in [-0.39, 0.29) is 6.10 Å². The van der Waals surface area contributed by atoms with Gasteiger partial charge in [-0.05, 0) is 116 Å². The lowest BCUT2D eigenvalue weighted by Gasteiger charge is -2.53. The highest BCUT2D eigenvalue weighted by molar-refractivity contribution is 5.49. The minimum Gasteiger partial charge on any atom is -0.393 e. The molecule has 5 atom stereocenters. The molecule has 0 aromatic heterocycles. The van der Waals surface area contributed by atoms with E-state index in [1.807, 2.05) is 0 Å². The average Bonchev–Trinajstić information content (AvgIpc) is 3.04. The summed E-state index contributed by atoms with van der Waals surface area (Å²) in [5.74, 6) is 3.00. The SMILES string of the molecule is C=C(CCCC1CC=C2C3=C(CCC21C)C1(C)CCC(O)CC1CC3)C(C)C.CC(C)C. The summed E-state index contributed by atoms with van der Waals surface area (Å²) in [6.07, 6.45) is 16.2. The molecule has 0 aromatic rings. The normalized spacial score (nSPS) is 36.2. The fourth-order valence-corrected chi connectivity index (χ4v) is 7.22. The van der Waals surface area contributed by atoms with Crippen molar-refractivity contribution in [2.24, 2.45) is 34.5 Å². The molecule has 4 rings (SSSR count). The zero-order valence-corrected chi connectivity index (χ0v) is 22.4. The van der Waals surface area contributed by atoms with Gasteiger partial charge in [0, 0.05) is 0 Å². The molecular weight excluding hydrogens is 388 g/mol. The number of fused-ring (bicyclic) bond motifs is 4. The van der Waals surface area contributed by atoms with Gasteiger partial charge >= 0.3 is 0 Å². The van der Waals surface area contributed by atoms with Gasteiger partial charge in [-0.1, -0.05) is 72.3 Å². The number of hydrogen-bond donors (Lipinski definition) is 1. The lowest BCUT2D eigenvalue weighted by Crippen LogP contribution is -2.43. The van der Waals surface area contributed by atoms with Crippen LogP contribution in [0.2, 0.25) is 0 Å². The van der Waals surface area contributed by atoms with Gasteiger partial charge in [-0.25, -0.2) is 0 Å². The number of rotatable bonds is 5. The zero-order chi connectivity index (χ0) is 23.7. The zero-order valence-electron chi connectivity index (χ0n) is 22.4. The molecule has 4 aliphatic carbocycles. The Bertz CT molecular complexity index is 735. The first-order valence-corrected chi connectivity index (χ1v) is 13.8. The van der Waals surface area contributed by atoms with E-state index in [0.29, 0.717) is 22.7 Å². The Morgan fingerprint density at radius 3 is 2.41 bits per heavy atom. The van der Waals surface area contributed by atoms with Gasteiger partial charge in [0.1, 0.15) is 0 Å². The molecule has 0 aliphatic heterocycles. The molecule has 1 fully saturated rings. The first-order valence-electron chi connectivity index (χ1n) is 13.8. The van der Waals surface area contributed by atoms with Crippen LogP contribution in [0.4, 0.5) is 0 Å². The predicted molar refractivity (Wildman–Crippen MR) is 140 cm³/mol. The molecule has 182 valence electrons. The molecule has 0 bridgehead atoms. The maximum Gasteiger partial charge on any atom is 0.0543 e. The number of allylic oxidation sites excluding steroid dienone is 5. The van der Waals surface area contributed by atoms with Gasteiger partial charge in [-0.3, -0.25) is 0 Å². The third-order valence-corrected chi connectivity index (χ3v) is 9.46. The largest absolute Gasteiger partial charge is 0.393 e. The summed E-state index contributed by atoms with van der Waals surface area (Å²) >= 11 is 0. The van der Waals surface area contributed by atoms with Gasteiger partial charge in [0.25, 0.3) is 0 Å². The van der Waals surface area contributed by atoms with Crippen molar-refractivity contribution in [2.75, 3.05) is 0 Å². The first-order chi connectivity index (χ1) is 15.0. The van der Waals surface area contributed by atoms with Crippen molar-refractivity contribution >= 4 is 0 Å². The summed E-state index contributed by atoms with van der Waals surface area (Å²) in [6.45, 7) is 20.4. The van der Waals surface area contributed by atoms with E-state index >= 15 is 0 Å². The first kappa shape index (κ1) is 25.8. The molecule has 1 heteroatoms. The quantitative estimate of drug-likeness (QED) is 0.423. The number of hydrogen-bond acceptors (Lipinski definition) is 1. The van der Waals surface area contributed by atoms with E-state index < -0.39 is 0 Å². The van der Waals surface area contributed by atoms with Crippen molar-refractivity contribution in [1.29, 1.82) is 0 Å². The Morgan fingerprint density at radius 1 is 1.06 bits per heavy atom. The highest BCUT2D eigenvalue weighted by Gasteiger charge is 2.51. The Labute approximate surface area is 199 Å². The van der Waals surface area contributed by atoms with E-state index in [1.165, 1.54) is 63.4 Å². The monoisotopic (exact) mass is 440 g/mol. The van der Waals surface area contributed by atoms with Crippen LogP contribution in [0.15, 0.2) is 34.9 Å². The molecule has 0 radical (unpaired) electrons. The number of aliphatic hydroxyl groups is 1. The van der Waals surface area contributed by atoms with Gasteiger partial charge in [-0.15, -0.1) is 0 Å². The van der Waals surface area contributed by atoms with Crippen LogP contribution in [-0.2, 0) is 0 Å². The third kappa shape index (κ3) is 5.13. The van der Waals surface area contributed by atoms with Crippen LogP contribution in [0.3, 0.4) is 0 Å². The molecule has 0 heterocycles. The molecule has 0 spiro atoms. The Balaban J connectivity index is 0.000000668. The van der Waals surface area contributed by atoms with Gasteiger partial charge in [0.15, 0.2) is 0 Å². The van der Waals surface area contributed by atoms with Gasteiger partial charge in [0.2, 0.25) is 0 Å². The minimum absolute atomic E-state index is 0.0512. The summed E-state index contributed by atoms with van der Waals surface area (Å²) < 4.78 is 0. The summed E-state index contributed by atoms with van der Waals surface area (Å²) in [7, 11) is 0. The van der Waals surface area contributed by atoms with E-state index in [0.717, 1.165) is 24.7 Å². The smallest absolute Gasteiger partial charge is 0.0543 e. The van der Waals surface area contributed by atoms with Gasteiger partial charge in [0.05, 0.1) is 6.10 Å². The molecule has 1 saturated carbocycles. The second-order valence-electron chi connectivity index (χ2n) is 12.9. The minimum atomic E-state index is -0.0512. The van der Waals surface area contributed by atoms with Gasteiger partial charge in [-0.2, -0.15) is 0 Å². The van der Waals surface area contributed by atoms with Crippen LogP contribution >= 0.6 is 0 Å². The number of aliphatic hydroxyl groups excluding tert-OH is 1.